The van der Waals surface area contributed by atoms with Crippen LogP contribution in [0.5, 0.6) is 0 Å². The number of esters is 1. The normalized spacial score (nSPS) is 18.4. The average molecular weight is 304 g/mol. The summed E-state index contributed by atoms with van der Waals surface area (Å²) in [4.78, 5) is 22.1. The molecule has 2 aromatic heterocycles. The molecule has 7 nitrogen and oxygen atoms in total. The van der Waals surface area contributed by atoms with Crippen molar-refractivity contribution in [3.8, 4) is 0 Å². The maximum atomic E-state index is 11.6. The molecule has 118 valence electrons. The van der Waals surface area contributed by atoms with Crippen molar-refractivity contribution < 1.29 is 13.9 Å². The van der Waals surface area contributed by atoms with Crippen LogP contribution in [-0.2, 0) is 11.3 Å². The Morgan fingerprint density at radius 2 is 2.45 bits per heavy atom. The van der Waals surface area contributed by atoms with Crippen LogP contribution in [0.4, 0.5) is 6.01 Å². The zero-order chi connectivity index (χ0) is 15.4. The Morgan fingerprint density at radius 3 is 3.23 bits per heavy atom. The lowest BCUT2D eigenvalue weighted by atomic mass is 9.98. The number of aromatic nitrogens is 3. The molecule has 0 spiro atoms. The first-order valence-electron chi connectivity index (χ1n) is 7.59. The van der Waals surface area contributed by atoms with E-state index in [0.717, 1.165) is 26.1 Å². The molecule has 1 atom stereocenters. The number of hydrogen-bond acceptors (Lipinski definition) is 6. The van der Waals surface area contributed by atoms with Gasteiger partial charge in [-0.05, 0) is 25.7 Å². The third kappa shape index (κ3) is 3.29. The number of nitrogens with zero attached hydrogens (tertiary/aromatic N) is 4. The van der Waals surface area contributed by atoms with Crippen LogP contribution < -0.4 is 4.90 Å². The number of carbonyl (C=O) groups excluding carboxylic acids is 1. The van der Waals surface area contributed by atoms with Crippen molar-refractivity contribution in [2.45, 2.75) is 26.3 Å². The molecule has 1 saturated heterocycles. The predicted molar refractivity (Wildman–Crippen MR) is 79.6 cm³/mol. The van der Waals surface area contributed by atoms with E-state index in [1.165, 1.54) is 12.7 Å². The summed E-state index contributed by atoms with van der Waals surface area (Å²) in [5, 5.41) is 0. The smallest absolute Gasteiger partial charge is 0.360 e. The van der Waals surface area contributed by atoms with Crippen molar-refractivity contribution >= 4 is 12.0 Å². The first kappa shape index (κ1) is 14.6. The molecule has 0 amide bonds. The summed E-state index contributed by atoms with van der Waals surface area (Å²) in [6.45, 7) is 4.79. The fourth-order valence-electron chi connectivity index (χ4n) is 2.79. The van der Waals surface area contributed by atoms with Gasteiger partial charge in [-0.25, -0.2) is 9.78 Å². The van der Waals surface area contributed by atoms with Gasteiger partial charge in [0.2, 0.25) is 0 Å². The Balaban J connectivity index is 1.63. The molecule has 0 bridgehead atoms. The summed E-state index contributed by atoms with van der Waals surface area (Å²) in [7, 11) is 0. The number of piperidine rings is 1. The van der Waals surface area contributed by atoms with Gasteiger partial charge in [0.1, 0.15) is 6.26 Å². The first-order chi connectivity index (χ1) is 10.8. The summed E-state index contributed by atoms with van der Waals surface area (Å²) < 4.78 is 12.5. The van der Waals surface area contributed by atoms with Gasteiger partial charge in [-0.3, -0.25) is 0 Å². The summed E-state index contributed by atoms with van der Waals surface area (Å²) >= 11 is 0. The second-order valence-electron chi connectivity index (χ2n) is 5.45. The maximum absolute atomic E-state index is 11.6. The number of anilines is 1. The lowest BCUT2D eigenvalue weighted by molar-refractivity contribution is 0.0519. The van der Waals surface area contributed by atoms with Crippen molar-refractivity contribution in [3.63, 3.8) is 0 Å². The molecule has 0 radical (unpaired) electrons. The molecule has 1 aliphatic rings. The number of oxazole rings is 1. The molecule has 3 heterocycles. The lowest BCUT2D eigenvalue weighted by Gasteiger charge is -2.31. The van der Waals surface area contributed by atoms with Gasteiger partial charge < -0.3 is 18.6 Å². The average Bonchev–Trinajstić information content (AvgIpc) is 3.19. The van der Waals surface area contributed by atoms with Gasteiger partial charge in [0.05, 0.1) is 12.9 Å². The molecule has 2 aromatic rings. The largest absolute Gasteiger partial charge is 0.461 e. The first-order valence-corrected chi connectivity index (χ1v) is 7.59. The van der Waals surface area contributed by atoms with Crippen LogP contribution in [0.1, 0.15) is 30.3 Å². The number of rotatable bonds is 5. The highest BCUT2D eigenvalue weighted by Gasteiger charge is 2.24. The highest BCUT2D eigenvalue weighted by Crippen LogP contribution is 2.24. The van der Waals surface area contributed by atoms with Crippen molar-refractivity contribution in [3.05, 3.63) is 30.7 Å². The van der Waals surface area contributed by atoms with Crippen LogP contribution in [0.15, 0.2) is 29.4 Å². The Bertz CT molecular complexity index is 608. The quantitative estimate of drug-likeness (QED) is 0.786. The van der Waals surface area contributed by atoms with Gasteiger partial charge in [-0.15, -0.1) is 0 Å². The van der Waals surface area contributed by atoms with Gasteiger partial charge in [0.25, 0.3) is 6.01 Å². The molecule has 1 aliphatic heterocycles. The fourth-order valence-corrected chi connectivity index (χ4v) is 2.79. The minimum Gasteiger partial charge on any atom is -0.461 e. The number of ether oxygens (including phenoxy) is 1. The summed E-state index contributed by atoms with van der Waals surface area (Å²) in [6.07, 6.45) is 9.22. The molecule has 0 saturated carbocycles. The Labute approximate surface area is 128 Å². The molecule has 1 fully saturated rings. The van der Waals surface area contributed by atoms with E-state index in [0.29, 0.717) is 18.5 Å². The van der Waals surface area contributed by atoms with E-state index in [9.17, 15) is 4.79 Å². The van der Waals surface area contributed by atoms with E-state index in [1.54, 1.807) is 13.1 Å². The topological polar surface area (TPSA) is 73.4 Å². The van der Waals surface area contributed by atoms with Crippen LogP contribution in [0.3, 0.4) is 0 Å². The van der Waals surface area contributed by atoms with Crippen LogP contribution in [0, 0.1) is 5.92 Å². The Morgan fingerprint density at radius 1 is 1.55 bits per heavy atom. The molecule has 3 rings (SSSR count). The predicted octanol–water partition coefficient (Wildman–Crippen LogP) is 1.96. The van der Waals surface area contributed by atoms with E-state index >= 15 is 0 Å². The third-order valence-corrected chi connectivity index (χ3v) is 3.79. The van der Waals surface area contributed by atoms with E-state index in [2.05, 4.69) is 19.4 Å². The molecule has 1 unspecified atom stereocenters. The van der Waals surface area contributed by atoms with Gasteiger partial charge in [-0.2, -0.15) is 4.98 Å². The van der Waals surface area contributed by atoms with Crippen LogP contribution >= 0.6 is 0 Å². The van der Waals surface area contributed by atoms with Crippen molar-refractivity contribution in [2.75, 3.05) is 24.6 Å². The van der Waals surface area contributed by atoms with Gasteiger partial charge >= 0.3 is 5.97 Å². The number of carbonyl (C=O) groups is 1. The monoisotopic (exact) mass is 304 g/mol. The van der Waals surface area contributed by atoms with Crippen LogP contribution in [-0.4, -0.2) is 40.2 Å². The van der Waals surface area contributed by atoms with Gasteiger partial charge in [-0.1, -0.05) is 0 Å². The Hall–Kier alpha value is -2.31. The minimum absolute atomic E-state index is 0.230. The van der Waals surface area contributed by atoms with Crippen molar-refractivity contribution in [1.29, 1.82) is 0 Å². The van der Waals surface area contributed by atoms with E-state index in [1.807, 2.05) is 12.5 Å². The van der Waals surface area contributed by atoms with Crippen molar-refractivity contribution in [2.24, 2.45) is 5.92 Å². The molecule has 22 heavy (non-hydrogen) atoms. The highest BCUT2D eigenvalue weighted by atomic mass is 16.5. The van der Waals surface area contributed by atoms with E-state index < -0.39 is 5.97 Å². The summed E-state index contributed by atoms with van der Waals surface area (Å²) in [5.74, 6) is 0.0744. The number of imidazole rings is 1. The molecular formula is C15H20N4O3. The van der Waals surface area contributed by atoms with Gasteiger partial charge in [0.15, 0.2) is 5.69 Å². The van der Waals surface area contributed by atoms with E-state index in [4.69, 9.17) is 9.15 Å². The zero-order valence-corrected chi connectivity index (χ0v) is 12.6. The molecule has 0 aliphatic carbocycles. The second-order valence-corrected chi connectivity index (χ2v) is 5.45. The van der Waals surface area contributed by atoms with Crippen LogP contribution in [0.2, 0.25) is 0 Å². The maximum Gasteiger partial charge on any atom is 0.360 e. The Kier molecular flexibility index (Phi) is 4.41. The number of hydrogen-bond donors (Lipinski definition) is 0. The minimum atomic E-state index is -0.440. The van der Waals surface area contributed by atoms with E-state index in [-0.39, 0.29) is 5.69 Å². The van der Waals surface area contributed by atoms with Gasteiger partial charge in [0, 0.05) is 32.0 Å². The molecule has 7 heteroatoms. The standard InChI is InChI=1S/C15H20N4O3/c1-2-21-14(20)13-10-22-15(17-13)19-6-3-4-12(9-19)8-18-7-5-16-11-18/h5,7,10-12H,2-4,6,8-9H2,1H3. The van der Waals surface area contributed by atoms with Crippen LogP contribution in [0.25, 0.3) is 0 Å². The lowest BCUT2D eigenvalue weighted by Crippen LogP contribution is -2.37. The molecular weight excluding hydrogens is 284 g/mol. The summed E-state index contributed by atoms with van der Waals surface area (Å²) in [6, 6.07) is 0.499. The highest BCUT2D eigenvalue weighted by molar-refractivity contribution is 5.87. The molecule has 0 aromatic carbocycles. The SMILES string of the molecule is CCOC(=O)c1coc(N2CCCC(Cn3ccnc3)C2)n1. The molecule has 0 N–H and O–H groups in total. The van der Waals surface area contributed by atoms with Crippen molar-refractivity contribution in [1.82, 2.24) is 14.5 Å². The summed E-state index contributed by atoms with van der Waals surface area (Å²) in [5.41, 5.74) is 0.230. The fraction of sp³-hybridized carbons (Fsp3) is 0.533. The third-order valence-electron chi connectivity index (χ3n) is 3.79. The zero-order valence-electron chi connectivity index (χ0n) is 12.6. The second kappa shape index (κ2) is 6.64.